The van der Waals surface area contributed by atoms with E-state index in [2.05, 4.69) is 41.3 Å². The van der Waals surface area contributed by atoms with Gasteiger partial charge in [-0.2, -0.15) is 0 Å². The highest BCUT2D eigenvalue weighted by Crippen LogP contribution is 2.45. The van der Waals surface area contributed by atoms with Crippen LogP contribution in [0, 0.1) is 11.8 Å². The van der Waals surface area contributed by atoms with E-state index < -0.39 is 0 Å². The first-order chi connectivity index (χ1) is 14.6. The normalized spacial score (nSPS) is 28.2. The smallest absolute Gasteiger partial charge is 0.253 e. The zero-order valence-corrected chi connectivity index (χ0v) is 17.8. The van der Waals surface area contributed by atoms with E-state index in [1.54, 1.807) is 0 Å². The van der Waals surface area contributed by atoms with Gasteiger partial charge < -0.3 is 10.0 Å². The van der Waals surface area contributed by atoms with Crippen molar-refractivity contribution in [2.75, 3.05) is 13.6 Å². The molecule has 2 fully saturated rings. The van der Waals surface area contributed by atoms with E-state index in [9.17, 15) is 9.90 Å². The number of carbonyl (C=O) groups is 1. The van der Waals surface area contributed by atoms with E-state index in [1.807, 2.05) is 24.1 Å². The van der Waals surface area contributed by atoms with Gasteiger partial charge in [0.1, 0.15) is 0 Å². The number of fused-ring (bicyclic) bond motifs is 2. The van der Waals surface area contributed by atoms with Crippen LogP contribution in [0.25, 0.3) is 0 Å². The lowest BCUT2D eigenvalue weighted by molar-refractivity contribution is 0.0722. The number of rotatable bonds is 4. The van der Waals surface area contributed by atoms with Crippen LogP contribution < -0.4 is 0 Å². The molecule has 0 spiro atoms. The number of carbonyl (C=O) groups excluding carboxylic acids is 1. The SMILES string of the molecule is CN(C(=O)c1ccc(CN2CCc3ccccc3C2)cc1)C1C[C@H]2CC(O)C[C@H]2C1. The van der Waals surface area contributed by atoms with Gasteiger partial charge >= 0.3 is 0 Å². The molecule has 2 aromatic carbocycles. The number of nitrogens with zero attached hydrogens (tertiary/aromatic N) is 2. The quantitative estimate of drug-likeness (QED) is 0.841. The lowest BCUT2D eigenvalue weighted by Gasteiger charge is -2.29. The molecule has 158 valence electrons. The van der Waals surface area contributed by atoms with Crippen molar-refractivity contribution >= 4 is 5.91 Å². The van der Waals surface area contributed by atoms with E-state index in [4.69, 9.17) is 0 Å². The molecule has 2 unspecified atom stereocenters. The third-order valence-corrected chi connectivity index (χ3v) is 7.65. The van der Waals surface area contributed by atoms with Crippen LogP contribution in [0.2, 0.25) is 0 Å². The summed E-state index contributed by atoms with van der Waals surface area (Å²) in [6.45, 7) is 3.00. The van der Waals surface area contributed by atoms with E-state index >= 15 is 0 Å². The highest BCUT2D eigenvalue weighted by atomic mass is 16.3. The third kappa shape index (κ3) is 3.91. The van der Waals surface area contributed by atoms with Crippen molar-refractivity contribution in [2.24, 2.45) is 11.8 Å². The van der Waals surface area contributed by atoms with Crippen LogP contribution in [-0.2, 0) is 19.5 Å². The molecule has 4 nitrogen and oxygen atoms in total. The molecule has 1 N–H and O–H groups in total. The van der Waals surface area contributed by atoms with Gasteiger partial charge in [-0.1, -0.05) is 36.4 Å². The predicted molar refractivity (Wildman–Crippen MR) is 118 cm³/mol. The number of hydrogen-bond acceptors (Lipinski definition) is 3. The molecule has 1 amide bonds. The van der Waals surface area contributed by atoms with Crippen molar-refractivity contribution in [3.63, 3.8) is 0 Å². The molecule has 2 aliphatic carbocycles. The van der Waals surface area contributed by atoms with Crippen molar-refractivity contribution in [3.8, 4) is 0 Å². The van der Waals surface area contributed by atoms with Crippen LogP contribution in [0.4, 0.5) is 0 Å². The van der Waals surface area contributed by atoms with Crippen molar-refractivity contribution in [3.05, 3.63) is 70.8 Å². The van der Waals surface area contributed by atoms with Crippen LogP contribution in [0.1, 0.15) is 52.7 Å². The summed E-state index contributed by atoms with van der Waals surface area (Å²) in [4.78, 5) is 17.4. The minimum Gasteiger partial charge on any atom is -0.393 e. The molecule has 0 saturated heterocycles. The maximum atomic E-state index is 13.0. The van der Waals surface area contributed by atoms with Crippen LogP contribution in [-0.4, -0.2) is 46.6 Å². The van der Waals surface area contributed by atoms with Crippen LogP contribution in [0.3, 0.4) is 0 Å². The van der Waals surface area contributed by atoms with Gasteiger partial charge in [0, 0.05) is 38.3 Å². The minimum atomic E-state index is -0.122. The summed E-state index contributed by atoms with van der Waals surface area (Å²) in [5.74, 6) is 1.31. The topological polar surface area (TPSA) is 43.8 Å². The Morgan fingerprint density at radius 1 is 1.00 bits per heavy atom. The molecule has 2 saturated carbocycles. The highest BCUT2D eigenvalue weighted by molar-refractivity contribution is 5.94. The molecule has 2 aromatic rings. The Hall–Kier alpha value is -2.17. The monoisotopic (exact) mass is 404 g/mol. The van der Waals surface area contributed by atoms with Gasteiger partial charge in [0.25, 0.3) is 5.91 Å². The Labute approximate surface area is 179 Å². The standard InChI is InChI=1S/C26H32N2O2/c1-27(24-12-22-14-25(29)15-23(22)13-24)26(30)20-8-6-18(7-9-20)16-28-11-10-19-4-2-3-5-21(19)17-28/h2-9,22-25,29H,10-17H2,1H3/t22-,23+,24?,25?. The molecule has 1 aliphatic heterocycles. The summed E-state index contributed by atoms with van der Waals surface area (Å²) in [5.41, 5.74) is 4.95. The maximum absolute atomic E-state index is 13.0. The summed E-state index contributed by atoms with van der Waals surface area (Å²) in [6, 6.07) is 17.2. The van der Waals surface area contributed by atoms with E-state index in [1.165, 1.54) is 16.7 Å². The number of aliphatic hydroxyl groups excluding tert-OH is 1. The van der Waals surface area contributed by atoms with Crippen LogP contribution in [0.5, 0.6) is 0 Å². The van der Waals surface area contributed by atoms with E-state index in [0.717, 1.165) is 57.3 Å². The fourth-order valence-electron chi connectivity index (χ4n) is 5.94. The number of hydrogen-bond donors (Lipinski definition) is 1. The zero-order chi connectivity index (χ0) is 20.7. The Morgan fingerprint density at radius 3 is 2.37 bits per heavy atom. The molecule has 5 rings (SSSR count). The predicted octanol–water partition coefficient (Wildman–Crippen LogP) is 3.87. The molecule has 0 aromatic heterocycles. The largest absolute Gasteiger partial charge is 0.393 e. The van der Waals surface area contributed by atoms with Crippen molar-refractivity contribution in [1.29, 1.82) is 0 Å². The van der Waals surface area contributed by atoms with E-state index in [0.29, 0.717) is 17.9 Å². The van der Waals surface area contributed by atoms with Gasteiger partial charge in [0.15, 0.2) is 0 Å². The maximum Gasteiger partial charge on any atom is 0.253 e. The summed E-state index contributed by atoms with van der Waals surface area (Å²) in [7, 11) is 1.95. The number of benzene rings is 2. The Morgan fingerprint density at radius 2 is 1.67 bits per heavy atom. The molecule has 4 atom stereocenters. The zero-order valence-electron chi connectivity index (χ0n) is 17.8. The number of amides is 1. The summed E-state index contributed by atoms with van der Waals surface area (Å²) >= 11 is 0. The van der Waals surface area contributed by atoms with Gasteiger partial charge in [0.05, 0.1) is 6.10 Å². The van der Waals surface area contributed by atoms with Crippen molar-refractivity contribution < 1.29 is 9.90 Å². The first kappa shape index (κ1) is 19.8. The van der Waals surface area contributed by atoms with Gasteiger partial charge in [-0.25, -0.2) is 0 Å². The minimum absolute atomic E-state index is 0.122. The first-order valence-corrected chi connectivity index (χ1v) is 11.4. The fraction of sp³-hybridized carbons (Fsp3) is 0.500. The van der Waals surface area contributed by atoms with Gasteiger partial charge in [-0.15, -0.1) is 0 Å². The molecule has 3 aliphatic rings. The van der Waals surface area contributed by atoms with Crippen LogP contribution >= 0.6 is 0 Å². The van der Waals surface area contributed by atoms with Gasteiger partial charge in [-0.3, -0.25) is 9.69 Å². The van der Waals surface area contributed by atoms with Crippen molar-refractivity contribution in [2.45, 2.75) is 57.3 Å². The fourth-order valence-corrected chi connectivity index (χ4v) is 5.94. The Balaban J connectivity index is 1.18. The third-order valence-electron chi connectivity index (χ3n) is 7.65. The molecular weight excluding hydrogens is 372 g/mol. The molecular formula is C26H32N2O2. The highest BCUT2D eigenvalue weighted by Gasteiger charge is 2.43. The average Bonchev–Trinajstić information content (AvgIpc) is 3.30. The first-order valence-electron chi connectivity index (χ1n) is 11.4. The van der Waals surface area contributed by atoms with Crippen molar-refractivity contribution in [1.82, 2.24) is 9.80 Å². The lowest BCUT2D eigenvalue weighted by atomic mass is 9.99. The van der Waals surface area contributed by atoms with Gasteiger partial charge in [0.2, 0.25) is 0 Å². The molecule has 4 heteroatoms. The summed E-state index contributed by atoms with van der Waals surface area (Å²) in [5, 5.41) is 9.85. The molecule has 1 heterocycles. The summed E-state index contributed by atoms with van der Waals surface area (Å²) in [6.07, 6.45) is 4.90. The summed E-state index contributed by atoms with van der Waals surface area (Å²) < 4.78 is 0. The van der Waals surface area contributed by atoms with Gasteiger partial charge in [-0.05, 0) is 72.8 Å². The Bertz CT molecular complexity index is 896. The molecule has 0 radical (unpaired) electrons. The lowest BCUT2D eigenvalue weighted by Crippen LogP contribution is -2.36. The van der Waals surface area contributed by atoms with Crippen LogP contribution in [0.15, 0.2) is 48.5 Å². The number of aliphatic hydroxyl groups is 1. The Kier molecular flexibility index (Phi) is 5.38. The average molecular weight is 405 g/mol. The molecule has 30 heavy (non-hydrogen) atoms. The van der Waals surface area contributed by atoms with E-state index in [-0.39, 0.29) is 12.0 Å². The second-order valence-electron chi connectivity index (χ2n) is 9.61. The molecule has 0 bridgehead atoms. The second kappa shape index (κ2) is 8.16. The second-order valence-corrected chi connectivity index (χ2v) is 9.61.